The first-order valence-electron chi connectivity index (χ1n) is 7.77. The van der Waals surface area contributed by atoms with Gasteiger partial charge < -0.3 is 4.74 Å². The molecule has 9 heteroatoms. The highest BCUT2D eigenvalue weighted by atomic mass is 35.5. The van der Waals surface area contributed by atoms with E-state index in [9.17, 15) is 18.0 Å². The molecule has 0 aromatic heterocycles. The number of sulfonamides is 1. The van der Waals surface area contributed by atoms with Crippen molar-refractivity contribution in [3.05, 3.63) is 63.6 Å². The Morgan fingerprint density at radius 1 is 1.04 bits per heavy atom. The van der Waals surface area contributed by atoms with E-state index in [0.29, 0.717) is 10.6 Å². The number of esters is 1. The molecule has 1 atom stereocenters. The minimum Gasteiger partial charge on any atom is -0.451 e. The molecule has 0 heterocycles. The van der Waals surface area contributed by atoms with Crippen molar-refractivity contribution >= 4 is 45.0 Å². The predicted molar refractivity (Wildman–Crippen MR) is 103 cm³/mol. The number of halogens is 2. The fourth-order valence-electron chi connectivity index (χ4n) is 2.16. The van der Waals surface area contributed by atoms with Crippen LogP contribution in [0.1, 0.15) is 27.6 Å². The van der Waals surface area contributed by atoms with E-state index in [2.05, 4.69) is 0 Å². The van der Waals surface area contributed by atoms with Crippen molar-refractivity contribution in [2.24, 2.45) is 0 Å². The van der Waals surface area contributed by atoms with E-state index in [1.165, 1.54) is 45.3 Å². The topological polar surface area (TPSA) is 80.8 Å². The lowest BCUT2D eigenvalue weighted by atomic mass is 10.1. The van der Waals surface area contributed by atoms with Crippen LogP contribution in [0.5, 0.6) is 0 Å². The second-order valence-corrected chi connectivity index (χ2v) is 8.84. The molecule has 2 aromatic carbocycles. The van der Waals surface area contributed by atoms with E-state index in [1.54, 1.807) is 12.1 Å². The van der Waals surface area contributed by atoms with Gasteiger partial charge in [0.05, 0.1) is 15.5 Å². The van der Waals surface area contributed by atoms with Gasteiger partial charge in [-0.15, -0.1) is 0 Å². The zero-order chi connectivity index (χ0) is 20.4. The van der Waals surface area contributed by atoms with Gasteiger partial charge in [0, 0.05) is 24.7 Å². The summed E-state index contributed by atoms with van der Waals surface area (Å²) in [6, 6.07) is 9.85. The molecule has 2 aromatic rings. The third-order valence-electron chi connectivity index (χ3n) is 3.72. The van der Waals surface area contributed by atoms with Crippen LogP contribution in [0.2, 0.25) is 10.0 Å². The van der Waals surface area contributed by atoms with E-state index in [4.69, 9.17) is 27.9 Å². The van der Waals surface area contributed by atoms with Crippen LogP contribution < -0.4 is 0 Å². The van der Waals surface area contributed by atoms with Crippen molar-refractivity contribution in [1.82, 2.24) is 4.31 Å². The first kappa shape index (κ1) is 21.4. The number of carbonyl (C=O) groups is 2. The molecule has 0 saturated carbocycles. The van der Waals surface area contributed by atoms with E-state index in [0.717, 1.165) is 10.4 Å². The maximum absolute atomic E-state index is 12.4. The highest BCUT2D eigenvalue weighted by molar-refractivity contribution is 7.89. The van der Waals surface area contributed by atoms with Gasteiger partial charge in [-0.3, -0.25) is 4.79 Å². The van der Waals surface area contributed by atoms with Gasteiger partial charge in [-0.05, 0) is 49.4 Å². The van der Waals surface area contributed by atoms with Crippen LogP contribution in [0.25, 0.3) is 0 Å². The Balaban J connectivity index is 2.25. The molecule has 0 saturated heterocycles. The van der Waals surface area contributed by atoms with Gasteiger partial charge >= 0.3 is 5.97 Å². The van der Waals surface area contributed by atoms with Crippen molar-refractivity contribution < 1.29 is 22.7 Å². The number of rotatable bonds is 6. The molecular weight excluding hydrogens is 413 g/mol. The minimum absolute atomic E-state index is 0.0175. The minimum atomic E-state index is -3.75. The fraction of sp³-hybridized carbons (Fsp3) is 0.222. The summed E-state index contributed by atoms with van der Waals surface area (Å²) >= 11 is 11.8. The quantitative estimate of drug-likeness (QED) is 0.516. The summed E-state index contributed by atoms with van der Waals surface area (Å²) in [5, 5.41) is 0.491. The highest BCUT2D eigenvalue weighted by Crippen LogP contribution is 2.23. The molecular formula is C18H17Cl2NO5S. The number of ether oxygens (including phenoxy) is 1. The van der Waals surface area contributed by atoms with Crippen LogP contribution in [0, 0.1) is 0 Å². The van der Waals surface area contributed by atoms with Crippen LogP contribution in [0.15, 0.2) is 47.4 Å². The molecule has 0 fully saturated rings. The Morgan fingerprint density at radius 2 is 1.63 bits per heavy atom. The molecule has 0 N–H and O–H groups in total. The largest absolute Gasteiger partial charge is 0.451 e. The summed E-state index contributed by atoms with van der Waals surface area (Å²) in [5.74, 6) is -1.32. The lowest BCUT2D eigenvalue weighted by Crippen LogP contribution is -2.25. The van der Waals surface area contributed by atoms with Crippen molar-refractivity contribution in [2.45, 2.75) is 17.9 Å². The number of hydrogen-bond donors (Lipinski definition) is 0. The molecule has 0 unspecified atom stereocenters. The first-order chi connectivity index (χ1) is 12.5. The summed E-state index contributed by atoms with van der Waals surface area (Å²) in [5.41, 5.74) is 0.185. The second kappa shape index (κ2) is 8.39. The second-order valence-electron chi connectivity index (χ2n) is 5.85. The summed E-state index contributed by atoms with van der Waals surface area (Å²) in [6.45, 7) is 1.42. The van der Waals surface area contributed by atoms with Gasteiger partial charge in [0.15, 0.2) is 6.10 Å². The Labute approximate surface area is 167 Å². The Kier molecular flexibility index (Phi) is 6.64. The normalized spacial score (nSPS) is 12.7. The Morgan fingerprint density at radius 3 is 2.19 bits per heavy atom. The SMILES string of the molecule is C[C@@H](OC(=O)c1cc(S(=O)(=O)N(C)C)ccc1Cl)C(=O)c1ccc(Cl)cc1. The molecule has 0 amide bonds. The molecule has 144 valence electrons. The maximum Gasteiger partial charge on any atom is 0.340 e. The molecule has 0 aliphatic heterocycles. The van der Waals surface area contributed by atoms with Gasteiger partial charge in [0.25, 0.3) is 0 Å². The number of benzene rings is 2. The van der Waals surface area contributed by atoms with Crippen molar-refractivity contribution in [3.8, 4) is 0 Å². The first-order valence-corrected chi connectivity index (χ1v) is 9.96. The average molecular weight is 430 g/mol. The molecule has 27 heavy (non-hydrogen) atoms. The smallest absolute Gasteiger partial charge is 0.340 e. The van der Waals surface area contributed by atoms with Gasteiger partial charge in [0.1, 0.15) is 0 Å². The molecule has 0 spiro atoms. The number of Topliss-reactive ketones (excluding diaryl/α,β-unsaturated/α-hetero) is 1. The number of nitrogens with zero attached hydrogens (tertiary/aromatic N) is 1. The third kappa shape index (κ3) is 4.87. The average Bonchev–Trinajstić information content (AvgIpc) is 2.61. The van der Waals surface area contributed by atoms with Crippen LogP contribution in [0.4, 0.5) is 0 Å². The zero-order valence-electron chi connectivity index (χ0n) is 14.8. The third-order valence-corrected chi connectivity index (χ3v) is 6.11. The Hall–Kier alpha value is -1.93. The summed E-state index contributed by atoms with van der Waals surface area (Å²) in [7, 11) is -1.01. The number of carbonyl (C=O) groups excluding carboxylic acids is 2. The van der Waals surface area contributed by atoms with E-state index in [-0.39, 0.29) is 15.5 Å². The predicted octanol–water partition coefficient (Wildman–Crippen LogP) is 3.67. The van der Waals surface area contributed by atoms with Gasteiger partial charge in [-0.1, -0.05) is 23.2 Å². The molecule has 2 rings (SSSR count). The molecule has 0 bridgehead atoms. The van der Waals surface area contributed by atoms with Crippen molar-refractivity contribution in [1.29, 1.82) is 0 Å². The van der Waals surface area contributed by atoms with Crippen LogP contribution in [0.3, 0.4) is 0 Å². The van der Waals surface area contributed by atoms with Crippen LogP contribution in [-0.2, 0) is 14.8 Å². The van der Waals surface area contributed by atoms with Gasteiger partial charge in [0.2, 0.25) is 15.8 Å². The summed E-state index contributed by atoms with van der Waals surface area (Å²) < 4.78 is 30.6. The number of hydrogen-bond acceptors (Lipinski definition) is 5. The lowest BCUT2D eigenvalue weighted by molar-refractivity contribution is 0.0318. The van der Waals surface area contributed by atoms with Crippen LogP contribution in [-0.4, -0.2) is 44.7 Å². The van der Waals surface area contributed by atoms with E-state index >= 15 is 0 Å². The molecule has 0 radical (unpaired) electrons. The van der Waals surface area contributed by atoms with Crippen molar-refractivity contribution in [3.63, 3.8) is 0 Å². The standard InChI is InChI=1S/C18H17Cl2NO5S/c1-11(17(22)12-4-6-13(19)7-5-12)26-18(23)15-10-14(8-9-16(15)20)27(24,25)21(2)3/h4-11H,1-3H3/t11-/m1/s1. The molecule has 6 nitrogen and oxygen atoms in total. The monoisotopic (exact) mass is 429 g/mol. The van der Waals surface area contributed by atoms with E-state index < -0.39 is 27.9 Å². The Bertz CT molecular complexity index is 972. The van der Waals surface area contributed by atoms with Gasteiger partial charge in [-0.2, -0.15) is 0 Å². The summed E-state index contributed by atoms with van der Waals surface area (Å²) in [6.07, 6.45) is -1.09. The summed E-state index contributed by atoms with van der Waals surface area (Å²) in [4.78, 5) is 24.7. The lowest BCUT2D eigenvalue weighted by Gasteiger charge is -2.15. The molecule has 0 aliphatic carbocycles. The highest BCUT2D eigenvalue weighted by Gasteiger charge is 2.24. The fourth-order valence-corrected chi connectivity index (χ4v) is 3.41. The maximum atomic E-state index is 12.4. The number of ketones is 1. The van der Waals surface area contributed by atoms with E-state index in [1.807, 2.05) is 0 Å². The van der Waals surface area contributed by atoms with Crippen LogP contribution >= 0.6 is 23.2 Å². The molecule has 0 aliphatic rings. The van der Waals surface area contributed by atoms with Gasteiger partial charge in [-0.25, -0.2) is 17.5 Å². The zero-order valence-corrected chi connectivity index (χ0v) is 17.1. The van der Waals surface area contributed by atoms with Crippen molar-refractivity contribution in [2.75, 3.05) is 14.1 Å².